The highest BCUT2D eigenvalue weighted by Gasteiger charge is 2.16. The van der Waals surface area contributed by atoms with Crippen molar-refractivity contribution in [3.05, 3.63) is 36.4 Å². The summed E-state index contributed by atoms with van der Waals surface area (Å²) in [5, 5.41) is 0. The van der Waals surface area contributed by atoms with E-state index >= 15 is 0 Å². The predicted molar refractivity (Wildman–Crippen MR) is 245 cm³/mol. The van der Waals surface area contributed by atoms with Gasteiger partial charge in [0.15, 0.2) is 11.2 Å². The number of carbonyl (C=O) groups excluding carboxylic acids is 2. The molecule has 2 aromatic carbocycles. The molecule has 2 heterocycles. The van der Waals surface area contributed by atoms with Crippen molar-refractivity contribution < 1.29 is 37.4 Å². The summed E-state index contributed by atoms with van der Waals surface area (Å²) in [4.78, 5) is 33.5. The van der Waals surface area contributed by atoms with E-state index in [9.17, 15) is 9.59 Å². The van der Waals surface area contributed by atoms with Crippen molar-refractivity contribution in [3.63, 3.8) is 0 Å². The first-order chi connectivity index (χ1) is 30.0. The van der Waals surface area contributed by atoms with Gasteiger partial charge in [-0.3, -0.25) is 9.59 Å². The van der Waals surface area contributed by atoms with Crippen LogP contribution in [0.1, 0.15) is 213 Å². The van der Waals surface area contributed by atoms with Crippen LogP contribution in [-0.4, -0.2) is 35.1 Å². The second kappa shape index (κ2) is 31.7. The number of carbonyl (C=O) groups is 2. The van der Waals surface area contributed by atoms with E-state index in [0.29, 0.717) is 46.9 Å². The molecule has 0 spiro atoms. The Hall–Kier alpha value is -4.08. The number of esters is 2. The van der Waals surface area contributed by atoms with E-state index in [4.69, 9.17) is 27.8 Å². The number of benzene rings is 2. The number of unbranched alkanes of at least 4 members (excludes halogenated alkanes) is 26. The zero-order valence-electron chi connectivity index (χ0n) is 38.0. The second-order valence-corrected chi connectivity index (χ2v) is 16.9. The Bertz CT molecular complexity index is 1620. The van der Waals surface area contributed by atoms with Crippen molar-refractivity contribution in [2.75, 3.05) is 13.2 Å². The number of hydrogen-bond acceptors (Lipinski definition) is 10. The van der Waals surface area contributed by atoms with Gasteiger partial charge in [0.05, 0.1) is 13.2 Å². The highest BCUT2D eigenvalue weighted by Crippen LogP contribution is 2.27. The van der Waals surface area contributed by atoms with E-state index in [0.717, 1.165) is 25.7 Å². The second-order valence-electron chi connectivity index (χ2n) is 16.9. The Morgan fingerprint density at radius 2 is 0.738 bits per heavy atom. The molecule has 340 valence electrons. The number of oxazole rings is 2. The minimum atomic E-state index is -0.558. The zero-order chi connectivity index (χ0) is 43.0. The average Bonchev–Trinajstić information content (AvgIpc) is 3.85. The number of fused-ring (bicyclic) bond motifs is 2. The fourth-order valence-electron chi connectivity index (χ4n) is 7.68. The van der Waals surface area contributed by atoms with Crippen LogP contribution in [0, 0.1) is 0 Å². The van der Waals surface area contributed by atoms with Crippen molar-refractivity contribution in [1.82, 2.24) is 9.97 Å². The molecule has 0 N–H and O–H groups in total. The molecule has 0 bridgehead atoms. The lowest BCUT2D eigenvalue weighted by Crippen LogP contribution is -2.11. The van der Waals surface area contributed by atoms with Gasteiger partial charge >= 0.3 is 24.1 Å². The predicted octanol–water partition coefficient (Wildman–Crippen LogP) is 15.4. The molecule has 0 fully saturated rings. The minimum Gasteiger partial charge on any atom is -0.493 e. The first-order valence-electron chi connectivity index (χ1n) is 24.5. The summed E-state index contributed by atoms with van der Waals surface area (Å²) in [6.07, 6.45) is 36.8. The minimum absolute atomic E-state index is 0.0189. The fraction of sp³-hybridized carbons (Fsp3) is 0.686. The lowest BCUT2D eigenvalue weighted by Gasteiger charge is -2.06. The molecule has 0 saturated carbocycles. The maximum atomic E-state index is 12.5. The van der Waals surface area contributed by atoms with E-state index in [2.05, 4.69) is 23.8 Å². The Labute approximate surface area is 366 Å². The van der Waals surface area contributed by atoms with Crippen molar-refractivity contribution in [2.24, 2.45) is 0 Å². The fourth-order valence-corrected chi connectivity index (χ4v) is 7.68. The summed E-state index contributed by atoms with van der Waals surface area (Å²) >= 11 is 0. The van der Waals surface area contributed by atoms with Crippen molar-refractivity contribution in [2.45, 2.75) is 213 Å². The van der Waals surface area contributed by atoms with Crippen LogP contribution in [0.2, 0.25) is 0 Å². The number of nitrogens with zero attached hydrogens (tertiary/aromatic N) is 2. The molecule has 10 nitrogen and oxygen atoms in total. The standard InChI is InChI=1S/C51H78N2O8/c1-3-5-7-9-11-13-15-17-19-21-23-25-27-29-38-56-42-34-36-44-46(40-42)58-50(52-44)60-48(54)32-31-33-49(55)61-51-53-45-37-35-43(41-47(45)59-51)57-39-30-28-26-24-22-20-18-16-14-12-10-8-6-4-2/h34-37,40-41H,3-33,38-39H2,1-2H3. The maximum Gasteiger partial charge on any atom is 0.402 e. The van der Waals surface area contributed by atoms with Crippen LogP contribution in [0.5, 0.6) is 23.7 Å². The maximum absolute atomic E-state index is 12.5. The lowest BCUT2D eigenvalue weighted by atomic mass is 10.0. The van der Waals surface area contributed by atoms with Gasteiger partial charge in [0, 0.05) is 25.0 Å². The van der Waals surface area contributed by atoms with E-state index in [1.807, 2.05) is 12.1 Å². The molecule has 0 amide bonds. The Morgan fingerprint density at radius 1 is 0.426 bits per heavy atom. The number of ether oxygens (including phenoxy) is 4. The van der Waals surface area contributed by atoms with E-state index in [1.54, 1.807) is 24.3 Å². The smallest absolute Gasteiger partial charge is 0.402 e. The van der Waals surface area contributed by atoms with Gasteiger partial charge in [0.25, 0.3) is 0 Å². The van der Waals surface area contributed by atoms with E-state index in [-0.39, 0.29) is 31.4 Å². The third-order valence-electron chi connectivity index (χ3n) is 11.4. The van der Waals surface area contributed by atoms with Crippen molar-refractivity contribution in [1.29, 1.82) is 0 Å². The normalized spacial score (nSPS) is 11.4. The Morgan fingerprint density at radius 3 is 1.07 bits per heavy atom. The molecule has 0 aliphatic heterocycles. The summed E-state index contributed by atoms with van der Waals surface area (Å²) in [5.74, 6) is 0.268. The molecule has 0 atom stereocenters. The largest absolute Gasteiger partial charge is 0.493 e. The Kier molecular flexibility index (Phi) is 25.8. The van der Waals surface area contributed by atoms with Gasteiger partial charge in [0.2, 0.25) is 0 Å². The summed E-state index contributed by atoms with van der Waals surface area (Å²) < 4.78 is 33.8. The van der Waals surface area contributed by atoms with E-state index in [1.165, 1.54) is 154 Å². The van der Waals surface area contributed by atoms with Gasteiger partial charge < -0.3 is 27.8 Å². The molecule has 0 aliphatic rings. The monoisotopic (exact) mass is 847 g/mol. The molecule has 0 saturated heterocycles. The molecule has 4 rings (SSSR count). The molecule has 0 radical (unpaired) electrons. The lowest BCUT2D eigenvalue weighted by molar-refractivity contribution is -0.137. The van der Waals surface area contributed by atoms with Crippen molar-refractivity contribution in [3.8, 4) is 23.7 Å². The Balaban J connectivity index is 1.00. The topological polar surface area (TPSA) is 123 Å². The molecule has 0 unspecified atom stereocenters. The number of aromatic nitrogens is 2. The zero-order valence-corrected chi connectivity index (χ0v) is 38.0. The summed E-state index contributed by atoms with van der Waals surface area (Å²) in [5.41, 5.74) is 2.09. The van der Waals surface area contributed by atoms with Crippen LogP contribution in [0.3, 0.4) is 0 Å². The quantitative estimate of drug-likeness (QED) is 0.0318. The molecular formula is C51H78N2O8. The number of rotatable bonds is 38. The van der Waals surface area contributed by atoms with Crippen LogP contribution < -0.4 is 18.9 Å². The van der Waals surface area contributed by atoms with Gasteiger partial charge in [0.1, 0.15) is 22.5 Å². The third kappa shape index (κ3) is 22.0. The van der Waals surface area contributed by atoms with Gasteiger partial charge in [-0.1, -0.05) is 181 Å². The van der Waals surface area contributed by atoms with Crippen molar-refractivity contribution >= 4 is 34.1 Å². The SMILES string of the molecule is CCCCCCCCCCCCCCCCOc1ccc2nc(OC(=O)CCCC(=O)Oc3nc4ccc(OCCCCCCCCCCCCCCCC)cc4o3)oc2c1. The van der Waals surface area contributed by atoms with Crippen LogP contribution in [0.15, 0.2) is 45.2 Å². The third-order valence-corrected chi connectivity index (χ3v) is 11.4. The molecular weight excluding hydrogens is 769 g/mol. The first-order valence-corrected chi connectivity index (χ1v) is 24.5. The van der Waals surface area contributed by atoms with Gasteiger partial charge in [-0.05, 0) is 43.5 Å². The van der Waals surface area contributed by atoms with Crippen LogP contribution in [-0.2, 0) is 9.59 Å². The molecule has 10 heteroatoms. The molecule has 61 heavy (non-hydrogen) atoms. The first kappa shape index (κ1) is 49.6. The van der Waals surface area contributed by atoms with Crippen LogP contribution in [0.4, 0.5) is 0 Å². The van der Waals surface area contributed by atoms with Gasteiger partial charge in [-0.15, -0.1) is 0 Å². The molecule has 0 aliphatic carbocycles. The van der Waals surface area contributed by atoms with Gasteiger partial charge in [-0.2, -0.15) is 9.97 Å². The average molecular weight is 847 g/mol. The summed E-state index contributed by atoms with van der Waals surface area (Å²) in [6, 6.07) is 10.8. The van der Waals surface area contributed by atoms with Gasteiger partial charge in [-0.25, -0.2) is 0 Å². The highest BCUT2D eigenvalue weighted by molar-refractivity contribution is 5.78. The molecule has 2 aromatic heterocycles. The van der Waals surface area contributed by atoms with Crippen LogP contribution >= 0.6 is 0 Å². The van der Waals surface area contributed by atoms with Crippen LogP contribution in [0.25, 0.3) is 22.2 Å². The van der Waals surface area contributed by atoms with E-state index < -0.39 is 11.9 Å². The summed E-state index contributed by atoms with van der Waals surface area (Å²) in [6.45, 7) is 5.83. The molecule has 4 aromatic rings. The number of hydrogen-bond donors (Lipinski definition) is 0. The highest BCUT2D eigenvalue weighted by atomic mass is 16.6. The summed E-state index contributed by atoms with van der Waals surface area (Å²) in [7, 11) is 0.